The number of hydrogen-bond acceptors (Lipinski definition) is 5. The van der Waals surface area contributed by atoms with Crippen LogP contribution in [0.25, 0.3) is 0 Å². The lowest BCUT2D eigenvalue weighted by Gasteiger charge is -2.11. The molecule has 2 rings (SSSR count). The summed E-state index contributed by atoms with van der Waals surface area (Å²) in [4.78, 5) is 15.2. The Morgan fingerprint density at radius 1 is 1.55 bits per heavy atom. The molecule has 0 spiro atoms. The average molecular weight is 309 g/mol. The van der Waals surface area contributed by atoms with E-state index in [1.807, 2.05) is 0 Å². The van der Waals surface area contributed by atoms with Crippen molar-refractivity contribution in [1.82, 2.24) is 10.3 Å². The van der Waals surface area contributed by atoms with Crippen LogP contribution in [0.2, 0.25) is 0 Å². The molecule has 2 heterocycles. The number of amides is 1. The molecule has 9 heteroatoms. The Morgan fingerprint density at radius 2 is 2.30 bits per heavy atom. The van der Waals surface area contributed by atoms with Crippen LogP contribution in [0.3, 0.4) is 0 Å². The lowest BCUT2D eigenvalue weighted by atomic mass is 10.2. The van der Waals surface area contributed by atoms with Crippen LogP contribution in [0.5, 0.6) is 0 Å². The molecule has 0 unspecified atom stereocenters. The van der Waals surface area contributed by atoms with Crippen molar-refractivity contribution in [3.8, 4) is 0 Å². The molecule has 1 aromatic rings. The molecule has 5 nitrogen and oxygen atoms in total. The number of halogens is 3. The summed E-state index contributed by atoms with van der Waals surface area (Å²) >= 11 is 0.859. The highest BCUT2D eigenvalue weighted by Gasteiger charge is 2.34. The zero-order chi connectivity index (χ0) is 14.8. The summed E-state index contributed by atoms with van der Waals surface area (Å²) in [6, 6.07) is 0. The number of carbonyl (C=O) groups is 1. The van der Waals surface area contributed by atoms with Crippen molar-refractivity contribution < 1.29 is 22.7 Å². The number of thiazole rings is 1. The Kier molecular flexibility index (Phi) is 4.61. The summed E-state index contributed by atoms with van der Waals surface area (Å²) < 4.78 is 42.4. The van der Waals surface area contributed by atoms with Crippen LogP contribution in [-0.2, 0) is 22.3 Å². The Labute approximate surface area is 117 Å². The fourth-order valence-electron chi connectivity index (χ4n) is 1.87. The van der Waals surface area contributed by atoms with Crippen LogP contribution in [-0.4, -0.2) is 29.6 Å². The van der Waals surface area contributed by atoms with Gasteiger partial charge in [0.25, 0.3) is 0 Å². The molecule has 1 saturated heterocycles. The number of ether oxygens (including phenoxy) is 1. The number of hydrogen-bond donors (Lipinski definition) is 2. The SMILES string of the molecule is NC[C@H]1CC[C@@H](C(=O)NCc2nc(C(F)(F)F)cs2)O1. The molecule has 0 aliphatic carbocycles. The van der Waals surface area contributed by atoms with E-state index in [0.717, 1.165) is 16.7 Å². The van der Waals surface area contributed by atoms with Gasteiger partial charge in [-0.25, -0.2) is 4.98 Å². The highest BCUT2D eigenvalue weighted by Crippen LogP contribution is 2.30. The predicted molar refractivity (Wildman–Crippen MR) is 65.9 cm³/mol. The van der Waals surface area contributed by atoms with Gasteiger partial charge in [-0.1, -0.05) is 0 Å². The summed E-state index contributed by atoms with van der Waals surface area (Å²) in [5.74, 6) is -0.343. The first kappa shape index (κ1) is 15.2. The molecule has 3 N–H and O–H groups in total. The Hall–Kier alpha value is -1.19. The number of rotatable bonds is 4. The van der Waals surface area contributed by atoms with Gasteiger partial charge in [-0.2, -0.15) is 13.2 Å². The van der Waals surface area contributed by atoms with E-state index >= 15 is 0 Å². The maximum Gasteiger partial charge on any atom is 0.434 e. The monoisotopic (exact) mass is 309 g/mol. The smallest absolute Gasteiger partial charge is 0.364 e. The first-order valence-electron chi connectivity index (χ1n) is 6.05. The Morgan fingerprint density at radius 3 is 2.85 bits per heavy atom. The normalized spacial score (nSPS) is 23.0. The largest absolute Gasteiger partial charge is 0.434 e. The molecule has 1 aliphatic heterocycles. The Balaban J connectivity index is 1.83. The number of carbonyl (C=O) groups excluding carboxylic acids is 1. The highest BCUT2D eigenvalue weighted by molar-refractivity contribution is 7.09. The third kappa shape index (κ3) is 3.68. The maximum atomic E-state index is 12.4. The second-order valence-electron chi connectivity index (χ2n) is 4.40. The van der Waals surface area contributed by atoms with Gasteiger partial charge < -0.3 is 15.8 Å². The van der Waals surface area contributed by atoms with Crippen molar-refractivity contribution in [3.05, 3.63) is 16.1 Å². The van der Waals surface area contributed by atoms with Crippen LogP contribution in [0.15, 0.2) is 5.38 Å². The zero-order valence-electron chi connectivity index (χ0n) is 10.4. The van der Waals surface area contributed by atoms with Crippen molar-refractivity contribution in [2.45, 2.75) is 37.8 Å². The van der Waals surface area contributed by atoms with Gasteiger partial charge in [-0.15, -0.1) is 11.3 Å². The predicted octanol–water partition coefficient (Wildman–Crippen LogP) is 1.28. The van der Waals surface area contributed by atoms with Crippen LogP contribution in [0.1, 0.15) is 23.5 Å². The third-order valence-corrected chi connectivity index (χ3v) is 3.77. The summed E-state index contributed by atoms with van der Waals surface area (Å²) in [5.41, 5.74) is 4.50. The molecule has 1 aliphatic rings. The quantitative estimate of drug-likeness (QED) is 0.878. The second-order valence-corrected chi connectivity index (χ2v) is 5.34. The molecular weight excluding hydrogens is 295 g/mol. The van der Waals surface area contributed by atoms with Crippen molar-refractivity contribution in [3.63, 3.8) is 0 Å². The molecule has 20 heavy (non-hydrogen) atoms. The van der Waals surface area contributed by atoms with Gasteiger partial charge in [0.1, 0.15) is 11.1 Å². The molecular formula is C11H14F3N3O2S. The standard InChI is InChI=1S/C11H14F3N3O2S/c12-11(13,14)8-5-20-9(17-8)4-16-10(18)7-2-1-6(3-15)19-7/h5-7H,1-4,15H2,(H,16,18)/t6-,7+/m1/s1. The summed E-state index contributed by atoms with van der Waals surface area (Å²) in [7, 11) is 0. The van der Waals surface area contributed by atoms with Crippen molar-refractivity contribution >= 4 is 17.2 Å². The lowest BCUT2D eigenvalue weighted by Crippen LogP contribution is -2.35. The van der Waals surface area contributed by atoms with Gasteiger partial charge in [0, 0.05) is 11.9 Å². The van der Waals surface area contributed by atoms with Gasteiger partial charge in [0.2, 0.25) is 5.91 Å². The molecule has 1 aromatic heterocycles. The molecule has 0 saturated carbocycles. The maximum absolute atomic E-state index is 12.4. The summed E-state index contributed by atoms with van der Waals surface area (Å²) in [6.45, 7) is 0.317. The van der Waals surface area contributed by atoms with Gasteiger partial charge in [-0.05, 0) is 12.8 Å². The number of nitrogens with one attached hydrogen (secondary N) is 1. The minimum Gasteiger partial charge on any atom is -0.364 e. The third-order valence-electron chi connectivity index (χ3n) is 2.92. The van der Waals surface area contributed by atoms with E-state index in [4.69, 9.17) is 10.5 Å². The van der Waals surface area contributed by atoms with Gasteiger partial charge in [0.15, 0.2) is 5.69 Å². The number of nitrogens with two attached hydrogens (primary N) is 1. The lowest BCUT2D eigenvalue weighted by molar-refractivity contribution is -0.140. The number of aromatic nitrogens is 1. The molecule has 0 radical (unpaired) electrons. The van der Waals surface area contributed by atoms with Crippen LogP contribution in [0, 0.1) is 0 Å². The molecule has 0 aromatic carbocycles. The van der Waals surface area contributed by atoms with Crippen LogP contribution < -0.4 is 11.1 Å². The Bertz CT molecular complexity index is 478. The van der Waals surface area contributed by atoms with Crippen LogP contribution in [0.4, 0.5) is 13.2 Å². The molecule has 0 bridgehead atoms. The van der Waals surface area contributed by atoms with E-state index in [9.17, 15) is 18.0 Å². The number of alkyl halides is 3. The van der Waals surface area contributed by atoms with Crippen molar-refractivity contribution in [1.29, 1.82) is 0 Å². The topological polar surface area (TPSA) is 77.2 Å². The highest BCUT2D eigenvalue weighted by atomic mass is 32.1. The minimum absolute atomic E-state index is 0.0350. The number of nitrogens with zero attached hydrogens (tertiary/aromatic N) is 1. The van der Waals surface area contributed by atoms with E-state index in [0.29, 0.717) is 19.4 Å². The van der Waals surface area contributed by atoms with Gasteiger partial charge in [0.05, 0.1) is 12.6 Å². The first-order chi connectivity index (χ1) is 9.40. The minimum atomic E-state index is -4.46. The summed E-state index contributed by atoms with van der Waals surface area (Å²) in [5, 5.41) is 3.66. The second kappa shape index (κ2) is 6.06. The van der Waals surface area contributed by atoms with Gasteiger partial charge >= 0.3 is 6.18 Å². The molecule has 112 valence electrons. The summed E-state index contributed by atoms with van der Waals surface area (Å²) in [6.07, 6.45) is -3.88. The fraction of sp³-hybridized carbons (Fsp3) is 0.636. The average Bonchev–Trinajstić information content (AvgIpc) is 3.04. The molecule has 1 fully saturated rings. The van der Waals surface area contributed by atoms with E-state index in [-0.39, 0.29) is 23.6 Å². The van der Waals surface area contributed by atoms with Crippen molar-refractivity contribution in [2.75, 3.05) is 6.54 Å². The van der Waals surface area contributed by atoms with E-state index in [1.165, 1.54) is 0 Å². The van der Waals surface area contributed by atoms with Gasteiger partial charge in [-0.3, -0.25) is 4.79 Å². The van der Waals surface area contributed by atoms with E-state index < -0.39 is 18.0 Å². The van der Waals surface area contributed by atoms with E-state index in [2.05, 4.69) is 10.3 Å². The first-order valence-corrected chi connectivity index (χ1v) is 6.93. The van der Waals surface area contributed by atoms with Crippen LogP contribution >= 0.6 is 11.3 Å². The zero-order valence-corrected chi connectivity index (χ0v) is 11.3. The molecule has 1 amide bonds. The fourth-order valence-corrected chi connectivity index (χ4v) is 2.61. The van der Waals surface area contributed by atoms with E-state index in [1.54, 1.807) is 0 Å². The molecule has 2 atom stereocenters. The van der Waals surface area contributed by atoms with Crippen molar-refractivity contribution in [2.24, 2.45) is 5.73 Å².